The van der Waals surface area contributed by atoms with Gasteiger partial charge in [-0.1, -0.05) is 42.5 Å². The Bertz CT molecular complexity index is 965. The summed E-state index contributed by atoms with van der Waals surface area (Å²) in [5, 5.41) is 23.8. The summed E-state index contributed by atoms with van der Waals surface area (Å²) >= 11 is 0. The van der Waals surface area contributed by atoms with Gasteiger partial charge in [0, 0.05) is 12.8 Å². The van der Waals surface area contributed by atoms with Gasteiger partial charge in [-0.2, -0.15) is 0 Å². The van der Waals surface area contributed by atoms with E-state index in [2.05, 4.69) is 10.6 Å². The molecule has 0 aliphatic rings. The second-order valence-corrected chi connectivity index (χ2v) is 7.63. The fraction of sp³-hybridized carbons (Fsp3) is 0.304. The predicted molar refractivity (Wildman–Crippen MR) is 120 cm³/mol. The standard InChI is InChI=1S/C23H28N4O6/c24-17(12-14-4-2-1-3-5-14)21(30)26-18(10-11-20(25)29)22(31)27-19(23(32)33)13-15-6-8-16(28)9-7-15/h1-9,17-19,28H,10-13,24H2,(H2,25,29)(H,26,30)(H,27,31)(H,32,33)/t17-,18-,19-/m0/s1. The zero-order valence-electron chi connectivity index (χ0n) is 17.9. The van der Waals surface area contributed by atoms with Crippen molar-refractivity contribution in [3.63, 3.8) is 0 Å². The first-order chi connectivity index (χ1) is 15.7. The normalized spacial score (nSPS) is 13.4. The van der Waals surface area contributed by atoms with Crippen LogP contribution >= 0.6 is 0 Å². The first-order valence-corrected chi connectivity index (χ1v) is 10.3. The quantitative estimate of drug-likeness (QED) is 0.256. The Balaban J connectivity index is 2.07. The number of carboxylic acid groups (broad SMARTS) is 1. The maximum Gasteiger partial charge on any atom is 0.326 e. The van der Waals surface area contributed by atoms with Crippen LogP contribution in [0.4, 0.5) is 0 Å². The molecule has 10 nitrogen and oxygen atoms in total. The molecule has 2 rings (SSSR count). The third-order valence-corrected chi connectivity index (χ3v) is 4.94. The van der Waals surface area contributed by atoms with E-state index in [1.165, 1.54) is 24.3 Å². The SMILES string of the molecule is NC(=O)CC[C@H](NC(=O)[C@@H](N)Cc1ccccc1)C(=O)N[C@@H](Cc1ccc(O)cc1)C(=O)O. The largest absolute Gasteiger partial charge is 0.508 e. The number of hydrogen-bond acceptors (Lipinski definition) is 6. The minimum atomic E-state index is -1.30. The zero-order chi connectivity index (χ0) is 24.4. The zero-order valence-corrected chi connectivity index (χ0v) is 17.9. The second-order valence-electron chi connectivity index (χ2n) is 7.63. The summed E-state index contributed by atoms with van der Waals surface area (Å²) in [5.74, 6) is -3.32. The summed E-state index contributed by atoms with van der Waals surface area (Å²) in [6.45, 7) is 0. The number of primary amides is 1. The molecule has 33 heavy (non-hydrogen) atoms. The second kappa shape index (κ2) is 12.2. The van der Waals surface area contributed by atoms with Crippen molar-refractivity contribution in [1.29, 1.82) is 0 Å². The number of phenols is 1. The number of nitrogens with one attached hydrogen (secondary N) is 2. The molecule has 0 heterocycles. The maximum absolute atomic E-state index is 12.8. The van der Waals surface area contributed by atoms with Gasteiger partial charge in [0.1, 0.15) is 17.8 Å². The smallest absolute Gasteiger partial charge is 0.326 e. The van der Waals surface area contributed by atoms with Crippen LogP contribution in [0.15, 0.2) is 54.6 Å². The molecule has 0 spiro atoms. The van der Waals surface area contributed by atoms with Gasteiger partial charge in [-0.15, -0.1) is 0 Å². The van der Waals surface area contributed by atoms with Crippen LogP contribution < -0.4 is 22.1 Å². The lowest BCUT2D eigenvalue weighted by atomic mass is 10.0. The van der Waals surface area contributed by atoms with Crippen LogP contribution in [0.25, 0.3) is 0 Å². The highest BCUT2D eigenvalue weighted by atomic mass is 16.4. The lowest BCUT2D eigenvalue weighted by Gasteiger charge is -2.23. The van der Waals surface area contributed by atoms with Gasteiger partial charge < -0.3 is 32.3 Å². The van der Waals surface area contributed by atoms with Crippen molar-refractivity contribution in [3.8, 4) is 5.75 Å². The van der Waals surface area contributed by atoms with Crippen LogP contribution in [0.2, 0.25) is 0 Å². The molecule has 176 valence electrons. The molecule has 0 bridgehead atoms. The number of carbonyl (C=O) groups excluding carboxylic acids is 3. The molecular formula is C23H28N4O6. The lowest BCUT2D eigenvalue weighted by molar-refractivity contribution is -0.142. The van der Waals surface area contributed by atoms with Gasteiger partial charge in [-0.05, 0) is 36.1 Å². The fourth-order valence-electron chi connectivity index (χ4n) is 3.14. The van der Waals surface area contributed by atoms with Gasteiger partial charge in [0.05, 0.1) is 6.04 Å². The number of hydrogen-bond donors (Lipinski definition) is 6. The molecule has 10 heteroatoms. The number of phenolic OH excluding ortho intramolecular Hbond substituents is 1. The Kier molecular flexibility index (Phi) is 9.37. The average Bonchev–Trinajstić information content (AvgIpc) is 2.77. The van der Waals surface area contributed by atoms with E-state index in [4.69, 9.17) is 11.5 Å². The van der Waals surface area contributed by atoms with Crippen LogP contribution in [-0.4, -0.2) is 52.0 Å². The van der Waals surface area contributed by atoms with E-state index in [1.807, 2.05) is 30.3 Å². The van der Waals surface area contributed by atoms with Gasteiger partial charge in [0.2, 0.25) is 17.7 Å². The predicted octanol–water partition coefficient (Wildman–Crippen LogP) is -0.176. The third-order valence-electron chi connectivity index (χ3n) is 4.94. The molecule has 0 unspecified atom stereocenters. The summed E-state index contributed by atoms with van der Waals surface area (Å²) in [5.41, 5.74) is 12.5. The number of rotatable bonds is 12. The Morgan fingerprint density at radius 1 is 0.818 bits per heavy atom. The van der Waals surface area contributed by atoms with Gasteiger partial charge in [0.25, 0.3) is 0 Å². The Labute approximate surface area is 191 Å². The van der Waals surface area contributed by atoms with Gasteiger partial charge in [0.15, 0.2) is 0 Å². The van der Waals surface area contributed by atoms with Gasteiger partial charge in [-0.3, -0.25) is 14.4 Å². The molecule has 0 radical (unpaired) electrons. The van der Waals surface area contributed by atoms with E-state index in [9.17, 15) is 29.4 Å². The number of nitrogens with two attached hydrogens (primary N) is 2. The molecule has 0 saturated carbocycles. The molecule has 2 aromatic carbocycles. The maximum atomic E-state index is 12.8. The summed E-state index contributed by atoms with van der Waals surface area (Å²) in [7, 11) is 0. The van der Waals surface area contributed by atoms with Crippen LogP contribution in [0.5, 0.6) is 5.75 Å². The number of aromatic hydroxyl groups is 1. The number of carbonyl (C=O) groups is 4. The molecule has 0 aromatic heterocycles. The van der Waals surface area contributed by atoms with E-state index in [-0.39, 0.29) is 31.4 Å². The number of amides is 3. The van der Waals surface area contributed by atoms with Crippen molar-refractivity contribution in [3.05, 3.63) is 65.7 Å². The van der Waals surface area contributed by atoms with Crippen molar-refractivity contribution in [1.82, 2.24) is 10.6 Å². The molecule has 3 amide bonds. The molecular weight excluding hydrogens is 428 g/mol. The molecule has 0 fully saturated rings. The van der Waals surface area contributed by atoms with Crippen molar-refractivity contribution < 1.29 is 29.4 Å². The van der Waals surface area contributed by atoms with Crippen LogP contribution in [0.3, 0.4) is 0 Å². The highest BCUT2D eigenvalue weighted by Crippen LogP contribution is 2.12. The van der Waals surface area contributed by atoms with Crippen molar-refractivity contribution >= 4 is 23.7 Å². The van der Waals surface area contributed by atoms with E-state index < -0.39 is 41.8 Å². The van der Waals surface area contributed by atoms with Crippen molar-refractivity contribution in [2.45, 2.75) is 43.8 Å². The number of carboxylic acids is 1. The van der Waals surface area contributed by atoms with Gasteiger partial charge >= 0.3 is 5.97 Å². The lowest BCUT2D eigenvalue weighted by Crippen LogP contribution is -2.55. The van der Waals surface area contributed by atoms with E-state index in [0.29, 0.717) is 5.56 Å². The van der Waals surface area contributed by atoms with E-state index >= 15 is 0 Å². The summed E-state index contributed by atoms with van der Waals surface area (Å²) in [6.07, 6.45) is -0.126. The Morgan fingerprint density at radius 2 is 1.39 bits per heavy atom. The molecule has 2 aromatic rings. The average molecular weight is 456 g/mol. The van der Waals surface area contributed by atoms with Crippen LogP contribution in [0.1, 0.15) is 24.0 Å². The topological polar surface area (TPSA) is 185 Å². The molecule has 0 aliphatic heterocycles. The van der Waals surface area contributed by atoms with Crippen LogP contribution in [-0.2, 0) is 32.0 Å². The van der Waals surface area contributed by atoms with Crippen molar-refractivity contribution in [2.75, 3.05) is 0 Å². The number of benzene rings is 2. The first kappa shape index (κ1) is 25.3. The third kappa shape index (κ3) is 8.62. The highest BCUT2D eigenvalue weighted by molar-refractivity contribution is 5.92. The van der Waals surface area contributed by atoms with Crippen molar-refractivity contribution in [2.24, 2.45) is 11.5 Å². The summed E-state index contributed by atoms with van der Waals surface area (Å²) in [6, 6.07) is 11.5. The molecule has 3 atom stereocenters. The van der Waals surface area contributed by atoms with E-state index in [0.717, 1.165) is 5.56 Å². The van der Waals surface area contributed by atoms with E-state index in [1.54, 1.807) is 0 Å². The molecule has 0 saturated heterocycles. The minimum Gasteiger partial charge on any atom is -0.508 e. The molecule has 8 N–H and O–H groups in total. The highest BCUT2D eigenvalue weighted by Gasteiger charge is 2.28. The fourth-order valence-corrected chi connectivity index (χ4v) is 3.14. The summed E-state index contributed by atoms with van der Waals surface area (Å²) < 4.78 is 0. The molecule has 0 aliphatic carbocycles. The first-order valence-electron chi connectivity index (χ1n) is 10.3. The monoisotopic (exact) mass is 456 g/mol. The number of aliphatic carboxylic acids is 1. The van der Waals surface area contributed by atoms with Crippen LogP contribution in [0, 0.1) is 0 Å². The summed E-state index contributed by atoms with van der Waals surface area (Å²) in [4.78, 5) is 48.3. The Morgan fingerprint density at radius 3 is 1.97 bits per heavy atom. The Hall–Kier alpha value is -3.92. The minimum absolute atomic E-state index is 0.0238. The van der Waals surface area contributed by atoms with Gasteiger partial charge in [-0.25, -0.2) is 4.79 Å².